The molecule has 0 atom stereocenters. The first-order valence-electron chi connectivity index (χ1n) is 9.01. The van der Waals surface area contributed by atoms with E-state index in [1.165, 1.54) is 11.3 Å². The lowest BCUT2D eigenvalue weighted by Crippen LogP contribution is -2.25. The normalized spacial score (nSPS) is 13.6. The van der Waals surface area contributed by atoms with Gasteiger partial charge in [0, 0.05) is 6.04 Å². The highest BCUT2D eigenvalue weighted by Crippen LogP contribution is 2.30. The number of hydrogen-bond donors (Lipinski definition) is 1. The van der Waals surface area contributed by atoms with Gasteiger partial charge in [0.1, 0.15) is 21.3 Å². The maximum atomic E-state index is 12.4. The van der Waals surface area contributed by atoms with Gasteiger partial charge in [-0.25, -0.2) is 9.67 Å². The number of aryl methyl sites for hydroxylation is 1. The van der Waals surface area contributed by atoms with Crippen LogP contribution < -0.4 is 10.1 Å². The molecule has 1 N–H and O–H groups in total. The van der Waals surface area contributed by atoms with Gasteiger partial charge < -0.3 is 10.1 Å². The fourth-order valence-electron chi connectivity index (χ4n) is 2.81. The van der Waals surface area contributed by atoms with Gasteiger partial charge >= 0.3 is 0 Å². The molecule has 0 bridgehead atoms. The highest BCUT2D eigenvalue weighted by molar-refractivity contribution is 7.17. The zero-order chi connectivity index (χ0) is 19.0. The van der Waals surface area contributed by atoms with Crippen LogP contribution in [0.25, 0.3) is 16.4 Å². The molecule has 1 aliphatic rings. The van der Waals surface area contributed by atoms with E-state index in [1.54, 1.807) is 4.68 Å². The minimum atomic E-state index is -0.0460. The van der Waals surface area contributed by atoms with Crippen molar-refractivity contribution < 1.29 is 9.53 Å². The van der Waals surface area contributed by atoms with E-state index in [0.717, 1.165) is 35.7 Å². The van der Waals surface area contributed by atoms with Crippen LogP contribution in [-0.2, 0) is 0 Å². The predicted octanol–water partition coefficient (Wildman–Crippen LogP) is 3.30. The monoisotopic (exact) mass is 383 g/mol. The van der Waals surface area contributed by atoms with Crippen LogP contribution in [0.1, 0.15) is 40.8 Å². The molecule has 1 fully saturated rings. The fourth-order valence-corrected chi connectivity index (χ4v) is 3.82. The molecule has 1 amide bonds. The minimum Gasteiger partial charge on any atom is -0.494 e. The average Bonchev–Trinajstić information content (AvgIpc) is 3.26. The highest BCUT2D eigenvalue weighted by Gasteiger charge is 2.27. The Morgan fingerprint density at radius 2 is 2.04 bits per heavy atom. The van der Waals surface area contributed by atoms with Crippen molar-refractivity contribution in [1.29, 1.82) is 0 Å². The molecule has 3 aromatic rings. The van der Waals surface area contributed by atoms with Crippen molar-refractivity contribution in [3.8, 4) is 22.1 Å². The molecule has 8 heteroatoms. The first-order valence-corrected chi connectivity index (χ1v) is 9.82. The molecule has 0 unspecified atom stereocenters. The number of amides is 1. The maximum Gasteiger partial charge on any atom is 0.263 e. The molecule has 27 heavy (non-hydrogen) atoms. The molecule has 0 aliphatic heterocycles. The average molecular weight is 383 g/mol. The number of benzene rings is 1. The fraction of sp³-hybridized carbons (Fsp3) is 0.368. The van der Waals surface area contributed by atoms with Crippen molar-refractivity contribution >= 4 is 17.2 Å². The van der Waals surface area contributed by atoms with E-state index in [2.05, 4.69) is 20.6 Å². The Morgan fingerprint density at radius 1 is 1.30 bits per heavy atom. The summed E-state index contributed by atoms with van der Waals surface area (Å²) in [5.41, 5.74) is 3.20. The number of carbonyl (C=O) groups is 1. The van der Waals surface area contributed by atoms with E-state index in [4.69, 9.17) is 4.74 Å². The van der Waals surface area contributed by atoms with Gasteiger partial charge in [0.15, 0.2) is 0 Å². The summed E-state index contributed by atoms with van der Waals surface area (Å²) in [7, 11) is 0. The van der Waals surface area contributed by atoms with Crippen molar-refractivity contribution in [2.45, 2.75) is 39.7 Å². The molecule has 4 rings (SSSR count). The molecule has 0 radical (unpaired) electrons. The summed E-state index contributed by atoms with van der Waals surface area (Å²) in [5, 5.41) is 12.3. The van der Waals surface area contributed by atoms with Crippen molar-refractivity contribution in [2.24, 2.45) is 0 Å². The number of thiazole rings is 1. The number of carbonyl (C=O) groups excluding carboxylic acids is 1. The molecule has 140 valence electrons. The zero-order valence-electron chi connectivity index (χ0n) is 15.5. The topological polar surface area (TPSA) is 81.9 Å². The first-order chi connectivity index (χ1) is 13.1. The first kappa shape index (κ1) is 17.7. The Labute approximate surface area is 161 Å². The van der Waals surface area contributed by atoms with Crippen LogP contribution >= 0.6 is 11.3 Å². The lowest BCUT2D eigenvalue weighted by molar-refractivity contribution is 0.0954. The summed E-state index contributed by atoms with van der Waals surface area (Å²) in [6.07, 6.45) is 2.12. The lowest BCUT2D eigenvalue weighted by Gasteiger charge is -2.06. The molecule has 2 heterocycles. The van der Waals surface area contributed by atoms with Crippen LogP contribution in [-0.4, -0.2) is 38.5 Å². The summed E-state index contributed by atoms with van der Waals surface area (Å²) in [5.74, 6) is 0.774. The number of hydrogen-bond acceptors (Lipinski definition) is 6. The van der Waals surface area contributed by atoms with E-state index in [0.29, 0.717) is 28.2 Å². The SMILES string of the molecule is CCOc1ccc(-n2nnc(-c3nc(C)c(C(=O)NC4CC4)s3)c2C)cc1. The molecule has 1 aromatic carbocycles. The van der Waals surface area contributed by atoms with Crippen molar-refractivity contribution in [1.82, 2.24) is 25.3 Å². The van der Waals surface area contributed by atoms with Crippen LogP contribution in [0.4, 0.5) is 0 Å². The Bertz CT molecular complexity index is 973. The maximum absolute atomic E-state index is 12.4. The summed E-state index contributed by atoms with van der Waals surface area (Å²) in [6, 6.07) is 8.03. The highest BCUT2D eigenvalue weighted by atomic mass is 32.1. The number of nitrogens with zero attached hydrogens (tertiary/aromatic N) is 4. The van der Waals surface area contributed by atoms with Gasteiger partial charge in [0.25, 0.3) is 5.91 Å². The lowest BCUT2D eigenvalue weighted by atomic mass is 10.3. The van der Waals surface area contributed by atoms with Gasteiger partial charge in [0.05, 0.1) is 23.7 Å². The summed E-state index contributed by atoms with van der Waals surface area (Å²) >= 11 is 1.36. The van der Waals surface area contributed by atoms with Crippen molar-refractivity contribution in [3.05, 3.63) is 40.5 Å². The number of rotatable bonds is 6. The Balaban J connectivity index is 1.61. The van der Waals surface area contributed by atoms with Crippen LogP contribution in [0.3, 0.4) is 0 Å². The number of nitrogens with one attached hydrogen (secondary N) is 1. The third kappa shape index (κ3) is 3.57. The molecule has 0 saturated heterocycles. The molecule has 7 nitrogen and oxygen atoms in total. The second-order valence-electron chi connectivity index (χ2n) is 6.54. The van der Waals surface area contributed by atoms with E-state index in [1.807, 2.05) is 45.0 Å². The smallest absolute Gasteiger partial charge is 0.263 e. The Kier molecular flexibility index (Phi) is 4.65. The molecular weight excluding hydrogens is 362 g/mol. The van der Waals surface area contributed by atoms with Gasteiger partial charge in [-0.05, 0) is 57.9 Å². The molecule has 1 aliphatic carbocycles. The van der Waals surface area contributed by atoms with Crippen LogP contribution in [0.5, 0.6) is 5.75 Å². The Morgan fingerprint density at radius 3 is 2.70 bits per heavy atom. The summed E-state index contributed by atoms with van der Waals surface area (Å²) in [6.45, 7) is 6.39. The van der Waals surface area contributed by atoms with E-state index in [9.17, 15) is 4.79 Å². The quantitative estimate of drug-likeness (QED) is 0.706. The van der Waals surface area contributed by atoms with E-state index >= 15 is 0 Å². The Hall–Kier alpha value is -2.74. The molecule has 2 aromatic heterocycles. The standard InChI is InChI=1S/C19H21N5O2S/c1-4-26-15-9-7-14(8-10-15)24-12(3)16(22-23-24)19-20-11(2)17(27-19)18(25)21-13-5-6-13/h7-10,13H,4-6H2,1-3H3,(H,21,25). The van der Waals surface area contributed by atoms with E-state index < -0.39 is 0 Å². The third-order valence-electron chi connectivity index (χ3n) is 4.40. The van der Waals surface area contributed by atoms with Gasteiger partial charge in [0.2, 0.25) is 0 Å². The van der Waals surface area contributed by atoms with Crippen LogP contribution in [0, 0.1) is 13.8 Å². The second kappa shape index (κ2) is 7.11. The zero-order valence-corrected chi connectivity index (χ0v) is 16.3. The van der Waals surface area contributed by atoms with E-state index in [-0.39, 0.29) is 5.91 Å². The van der Waals surface area contributed by atoms with Gasteiger partial charge in [-0.15, -0.1) is 16.4 Å². The number of aromatic nitrogens is 4. The molecule has 1 saturated carbocycles. The van der Waals surface area contributed by atoms with Gasteiger partial charge in [-0.3, -0.25) is 4.79 Å². The molecular formula is C19H21N5O2S. The van der Waals surface area contributed by atoms with Crippen molar-refractivity contribution in [2.75, 3.05) is 6.61 Å². The summed E-state index contributed by atoms with van der Waals surface area (Å²) in [4.78, 5) is 17.6. The van der Waals surface area contributed by atoms with Crippen LogP contribution in [0.2, 0.25) is 0 Å². The van der Waals surface area contributed by atoms with Crippen LogP contribution in [0.15, 0.2) is 24.3 Å². The second-order valence-corrected chi connectivity index (χ2v) is 7.54. The largest absolute Gasteiger partial charge is 0.494 e. The number of ether oxygens (including phenoxy) is 1. The van der Waals surface area contributed by atoms with Crippen molar-refractivity contribution in [3.63, 3.8) is 0 Å². The molecule has 0 spiro atoms. The van der Waals surface area contributed by atoms with Gasteiger partial charge in [-0.2, -0.15) is 0 Å². The third-order valence-corrected chi connectivity index (χ3v) is 5.57. The van der Waals surface area contributed by atoms with Gasteiger partial charge in [-0.1, -0.05) is 5.21 Å². The summed E-state index contributed by atoms with van der Waals surface area (Å²) < 4.78 is 7.25. The predicted molar refractivity (Wildman–Crippen MR) is 104 cm³/mol. The minimum absolute atomic E-state index is 0.0460.